The fourth-order valence-electron chi connectivity index (χ4n) is 1.74. The Morgan fingerprint density at radius 1 is 1.28 bits per heavy atom. The first kappa shape index (κ1) is 15.0. The van der Waals surface area contributed by atoms with E-state index in [0.29, 0.717) is 6.54 Å². The van der Waals surface area contributed by atoms with E-state index < -0.39 is 0 Å². The molecule has 1 rings (SSSR count). The van der Waals surface area contributed by atoms with E-state index in [4.69, 9.17) is 15.6 Å². The smallest absolute Gasteiger partial charge is 0.119 e. The first-order chi connectivity index (χ1) is 8.67. The predicted molar refractivity (Wildman–Crippen MR) is 73.7 cm³/mol. The number of aliphatic hydroxyl groups excluding tert-OH is 1. The summed E-state index contributed by atoms with van der Waals surface area (Å²) in [6, 6.07) is 8.12. The summed E-state index contributed by atoms with van der Waals surface area (Å²) in [6.45, 7) is 5.52. The van der Waals surface area contributed by atoms with Crippen LogP contribution in [0.1, 0.15) is 31.9 Å². The van der Waals surface area contributed by atoms with Crippen LogP contribution in [0.2, 0.25) is 0 Å². The minimum absolute atomic E-state index is 0.129. The van der Waals surface area contributed by atoms with Crippen LogP contribution in [-0.2, 0) is 0 Å². The molecule has 0 aliphatic carbocycles. The van der Waals surface area contributed by atoms with Gasteiger partial charge in [-0.3, -0.25) is 0 Å². The van der Waals surface area contributed by atoms with Crippen LogP contribution >= 0.6 is 0 Å². The third-order valence-corrected chi connectivity index (χ3v) is 2.62. The second kappa shape index (κ2) is 8.08. The van der Waals surface area contributed by atoms with E-state index in [1.54, 1.807) is 0 Å². The summed E-state index contributed by atoms with van der Waals surface area (Å²) in [4.78, 5) is 0. The highest BCUT2D eigenvalue weighted by Crippen LogP contribution is 2.18. The fraction of sp³-hybridized carbons (Fsp3) is 0.571. The van der Waals surface area contributed by atoms with Crippen molar-refractivity contribution in [2.45, 2.75) is 32.4 Å². The van der Waals surface area contributed by atoms with Crippen molar-refractivity contribution in [1.29, 1.82) is 0 Å². The van der Waals surface area contributed by atoms with Crippen LogP contribution in [0.25, 0.3) is 0 Å². The molecule has 1 aromatic rings. The number of hydrogen-bond donors (Lipinski definition) is 3. The number of benzene rings is 1. The van der Waals surface area contributed by atoms with Crippen LogP contribution in [0, 0.1) is 0 Å². The van der Waals surface area contributed by atoms with Gasteiger partial charge in [-0.15, -0.1) is 0 Å². The average Bonchev–Trinajstić information content (AvgIpc) is 2.35. The molecule has 0 aliphatic heterocycles. The topological polar surface area (TPSA) is 67.5 Å². The summed E-state index contributed by atoms with van der Waals surface area (Å²) < 4.78 is 5.60. The summed E-state index contributed by atoms with van der Waals surface area (Å²) in [5.41, 5.74) is 6.89. The van der Waals surface area contributed by atoms with E-state index in [9.17, 15) is 0 Å². The summed E-state index contributed by atoms with van der Waals surface area (Å²) in [7, 11) is 0. The molecule has 0 heterocycles. The minimum Gasteiger partial charge on any atom is -0.491 e. The third kappa shape index (κ3) is 5.04. The molecule has 0 amide bonds. The van der Waals surface area contributed by atoms with Gasteiger partial charge in [0.05, 0.1) is 6.10 Å². The molecule has 0 radical (unpaired) electrons. The van der Waals surface area contributed by atoms with Crippen LogP contribution < -0.4 is 15.8 Å². The molecule has 0 fully saturated rings. The molecule has 0 bridgehead atoms. The second-order valence-corrected chi connectivity index (χ2v) is 4.56. The Kier molecular flexibility index (Phi) is 6.72. The van der Waals surface area contributed by atoms with Gasteiger partial charge in [0.1, 0.15) is 5.75 Å². The second-order valence-electron chi connectivity index (χ2n) is 4.56. The van der Waals surface area contributed by atoms with Crippen LogP contribution in [0.15, 0.2) is 24.3 Å². The molecule has 4 nitrogen and oxygen atoms in total. The molecule has 0 aliphatic rings. The lowest BCUT2D eigenvalue weighted by molar-refractivity contribution is 0.242. The van der Waals surface area contributed by atoms with Crippen LogP contribution in [0.4, 0.5) is 0 Å². The number of nitrogens with two attached hydrogens (primary N) is 1. The van der Waals surface area contributed by atoms with E-state index in [2.05, 4.69) is 5.32 Å². The van der Waals surface area contributed by atoms with E-state index in [-0.39, 0.29) is 18.8 Å². The molecule has 1 unspecified atom stereocenters. The van der Waals surface area contributed by atoms with Crippen molar-refractivity contribution in [1.82, 2.24) is 5.32 Å². The van der Waals surface area contributed by atoms with Gasteiger partial charge in [-0.25, -0.2) is 0 Å². The molecule has 4 heteroatoms. The fourth-order valence-corrected chi connectivity index (χ4v) is 1.74. The van der Waals surface area contributed by atoms with Gasteiger partial charge in [0.2, 0.25) is 0 Å². The highest BCUT2D eigenvalue weighted by atomic mass is 16.5. The molecule has 1 aromatic carbocycles. The molecule has 102 valence electrons. The highest BCUT2D eigenvalue weighted by Gasteiger charge is 2.08. The first-order valence-corrected chi connectivity index (χ1v) is 6.48. The maximum Gasteiger partial charge on any atom is 0.119 e. The maximum absolute atomic E-state index is 8.75. The number of hydrogen-bond acceptors (Lipinski definition) is 4. The minimum atomic E-state index is 0.129. The zero-order valence-corrected chi connectivity index (χ0v) is 11.2. The Morgan fingerprint density at radius 2 is 1.94 bits per heavy atom. The summed E-state index contributed by atoms with van der Waals surface area (Å²) in [5.74, 6) is 0.875. The van der Waals surface area contributed by atoms with Gasteiger partial charge in [0.15, 0.2) is 0 Å². The molecule has 18 heavy (non-hydrogen) atoms. The van der Waals surface area contributed by atoms with Crippen molar-refractivity contribution < 1.29 is 9.84 Å². The number of aliphatic hydroxyl groups is 1. The van der Waals surface area contributed by atoms with Crippen molar-refractivity contribution in [3.8, 4) is 5.75 Å². The van der Waals surface area contributed by atoms with Gasteiger partial charge >= 0.3 is 0 Å². The first-order valence-electron chi connectivity index (χ1n) is 6.48. The predicted octanol–water partition coefficient (Wildman–Crippen LogP) is 1.45. The Bertz CT molecular complexity index is 325. The Morgan fingerprint density at radius 3 is 2.44 bits per heavy atom. The van der Waals surface area contributed by atoms with E-state index in [1.807, 2.05) is 38.1 Å². The number of nitrogens with one attached hydrogen (secondary N) is 1. The van der Waals surface area contributed by atoms with Crippen molar-refractivity contribution in [2.75, 3.05) is 19.7 Å². The molecule has 0 saturated heterocycles. The Balaban J connectivity index is 2.57. The van der Waals surface area contributed by atoms with Crippen molar-refractivity contribution in [3.05, 3.63) is 29.8 Å². The molecular formula is C14H24N2O2. The standard InChI is InChI=1S/C14H24N2O2/c1-11(2)18-13-6-4-12(5-7-13)14(10-15)16-8-3-9-17/h4-7,11,14,16-17H,3,8-10,15H2,1-2H3. The highest BCUT2D eigenvalue weighted by molar-refractivity contribution is 5.29. The molecular weight excluding hydrogens is 228 g/mol. The van der Waals surface area contributed by atoms with Crippen molar-refractivity contribution in [2.24, 2.45) is 5.73 Å². The number of rotatable bonds is 8. The Hall–Kier alpha value is -1.10. The molecule has 0 spiro atoms. The lowest BCUT2D eigenvalue weighted by Crippen LogP contribution is -2.29. The summed E-state index contributed by atoms with van der Waals surface area (Å²) >= 11 is 0. The average molecular weight is 252 g/mol. The molecule has 4 N–H and O–H groups in total. The number of ether oxygens (including phenoxy) is 1. The molecule has 0 aromatic heterocycles. The van der Waals surface area contributed by atoms with Gasteiger partial charge in [-0.1, -0.05) is 12.1 Å². The van der Waals surface area contributed by atoms with Gasteiger partial charge in [-0.2, -0.15) is 0 Å². The summed E-state index contributed by atoms with van der Waals surface area (Å²) in [5, 5.41) is 12.1. The quantitative estimate of drug-likeness (QED) is 0.613. The zero-order chi connectivity index (χ0) is 13.4. The van der Waals surface area contributed by atoms with E-state index in [1.165, 1.54) is 0 Å². The third-order valence-electron chi connectivity index (χ3n) is 2.62. The largest absolute Gasteiger partial charge is 0.491 e. The van der Waals surface area contributed by atoms with Crippen LogP contribution in [-0.4, -0.2) is 30.9 Å². The summed E-state index contributed by atoms with van der Waals surface area (Å²) in [6.07, 6.45) is 0.925. The van der Waals surface area contributed by atoms with Gasteiger partial charge < -0.3 is 20.9 Å². The van der Waals surface area contributed by atoms with Gasteiger partial charge in [0.25, 0.3) is 0 Å². The monoisotopic (exact) mass is 252 g/mol. The molecule has 0 saturated carbocycles. The SMILES string of the molecule is CC(C)Oc1ccc(C(CN)NCCCO)cc1. The van der Waals surface area contributed by atoms with Crippen molar-refractivity contribution in [3.63, 3.8) is 0 Å². The van der Waals surface area contributed by atoms with E-state index in [0.717, 1.165) is 24.3 Å². The zero-order valence-electron chi connectivity index (χ0n) is 11.2. The van der Waals surface area contributed by atoms with Crippen LogP contribution in [0.5, 0.6) is 5.75 Å². The van der Waals surface area contributed by atoms with E-state index >= 15 is 0 Å². The Labute approximate surface area is 109 Å². The lowest BCUT2D eigenvalue weighted by Gasteiger charge is -2.18. The van der Waals surface area contributed by atoms with Gasteiger partial charge in [0, 0.05) is 19.2 Å². The van der Waals surface area contributed by atoms with Crippen molar-refractivity contribution >= 4 is 0 Å². The maximum atomic E-state index is 8.75. The van der Waals surface area contributed by atoms with Crippen LogP contribution in [0.3, 0.4) is 0 Å². The normalized spacial score (nSPS) is 12.7. The molecule has 1 atom stereocenters. The lowest BCUT2D eigenvalue weighted by atomic mass is 10.1. The van der Waals surface area contributed by atoms with Gasteiger partial charge in [-0.05, 0) is 44.5 Å².